The third-order valence-electron chi connectivity index (χ3n) is 6.04. The van der Waals surface area contributed by atoms with Gasteiger partial charge in [0.05, 0.1) is 5.56 Å². The number of rotatable bonds is 4. The highest BCUT2D eigenvalue weighted by Crippen LogP contribution is 2.41. The van der Waals surface area contributed by atoms with Crippen molar-refractivity contribution in [2.24, 2.45) is 7.05 Å². The van der Waals surface area contributed by atoms with Crippen molar-refractivity contribution in [1.29, 1.82) is 0 Å². The summed E-state index contributed by atoms with van der Waals surface area (Å²) in [6, 6.07) is 8.81. The topological polar surface area (TPSA) is 89.3 Å². The van der Waals surface area contributed by atoms with Crippen molar-refractivity contribution in [2.75, 3.05) is 0 Å². The van der Waals surface area contributed by atoms with E-state index >= 15 is 0 Å². The maximum atomic E-state index is 11.9. The Hall–Kier alpha value is -2.46. The van der Waals surface area contributed by atoms with Crippen LogP contribution in [0.25, 0.3) is 31.4 Å². The maximum Gasteiger partial charge on any atom is 0.276 e. The largest absolute Gasteiger partial charge is 0.507 e. The fourth-order valence-corrected chi connectivity index (χ4v) is 6.85. The number of pyridine rings is 1. The molecule has 0 amide bonds. The van der Waals surface area contributed by atoms with Crippen LogP contribution >= 0.6 is 35.1 Å². The number of thiazole rings is 2. The second kappa shape index (κ2) is 9.20. The van der Waals surface area contributed by atoms with Crippen molar-refractivity contribution >= 4 is 44.7 Å². The number of aromatic nitrogens is 3. The molecule has 186 valence electrons. The van der Waals surface area contributed by atoms with E-state index in [0.717, 1.165) is 33.6 Å². The highest BCUT2D eigenvalue weighted by molar-refractivity contribution is 7.28. The lowest BCUT2D eigenvalue weighted by atomic mass is 9.81. The van der Waals surface area contributed by atoms with Crippen LogP contribution in [-0.2, 0) is 7.05 Å². The second-order valence-corrected chi connectivity index (χ2v) is 12.2. The van der Waals surface area contributed by atoms with E-state index in [1.807, 2.05) is 18.2 Å². The first-order chi connectivity index (χ1) is 16.0. The molecule has 1 aliphatic heterocycles. The summed E-state index contributed by atoms with van der Waals surface area (Å²) in [6.07, 6.45) is 3.64. The van der Waals surface area contributed by atoms with Crippen LogP contribution in [0.2, 0.25) is 0 Å². The molecule has 0 spiro atoms. The molecule has 4 heterocycles. The number of benzene rings is 1. The van der Waals surface area contributed by atoms with Gasteiger partial charge in [0, 0.05) is 43.2 Å². The highest BCUT2D eigenvalue weighted by Gasteiger charge is 2.39. The van der Waals surface area contributed by atoms with E-state index in [0.29, 0.717) is 15.8 Å². The molecule has 4 aromatic rings. The van der Waals surface area contributed by atoms with Crippen molar-refractivity contribution in [3.05, 3.63) is 46.9 Å². The Labute approximate surface area is 218 Å². The molecular formula is C25H29ClN4O3S2. The molecule has 0 bridgehead atoms. The first kappa shape index (κ1) is 25.6. The average Bonchev–Trinajstić information content (AvgIpc) is 3.26. The number of phenols is 1. The van der Waals surface area contributed by atoms with Crippen LogP contribution in [0, 0.1) is 0 Å². The van der Waals surface area contributed by atoms with E-state index in [-0.39, 0.29) is 40.9 Å². The molecular weight excluding hydrogens is 504 g/mol. The zero-order chi connectivity index (χ0) is 24.3. The van der Waals surface area contributed by atoms with Gasteiger partial charge in [-0.15, -0.1) is 12.4 Å². The van der Waals surface area contributed by atoms with Gasteiger partial charge in [0.25, 0.3) is 10.8 Å². The lowest BCUT2D eigenvalue weighted by Crippen LogP contribution is -2.60. The first-order valence-electron chi connectivity index (χ1n) is 11.2. The minimum atomic E-state index is -0.0954. The Kier molecular flexibility index (Phi) is 6.74. The van der Waals surface area contributed by atoms with Crippen molar-refractivity contribution in [1.82, 2.24) is 19.9 Å². The summed E-state index contributed by atoms with van der Waals surface area (Å²) in [5.74, 6) is 0.121. The molecule has 3 aromatic heterocycles. The maximum absolute atomic E-state index is 11.9. The number of aryl methyl sites for hydroxylation is 1. The molecule has 1 aromatic carbocycles. The average molecular weight is 533 g/mol. The molecule has 1 aliphatic rings. The van der Waals surface area contributed by atoms with Gasteiger partial charge in [-0.3, -0.25) is 4.79 Å². The molecule has 1 saturated heterocycles. The van der Waals surface area contributed by atoms with Crippen molar-refractivity contribution < 1.29 is 9.84 Å². The fourth-order valence-electron chi connectivity index (χ4n) is 4.86. The van der Waals surface area contributed by atoms with Crippen LogP contribution in [0.5, 0.6) is 10.9 Å². The summed E-state index contributed by atoms with van der Waals surface area (Å²) < 4.78 is 7.79. The van der Waals surface area contributed by atoms with E-state index in [1.165, 1.54) is 27.2 Å². The normalized spacial score (nSPS) is 17.3. The van der Waals surface area contributed by atoms with Crippen LogP contribution in [-0.4, -0.2) is 36.8 Å². The van der Waals surface area contributed by atoms with E-state index in [9.17, 15) is 9.90 Å². The molecule has 2 N–H and O–H groups in total. The van der Waals surface area contributed by atoms with Crippen LogP contribution < -0.4 is 15.6 Å². The number of aromatic hydroxyl groups is 1. The Bertz CT molecular complexity index is 1390. The molecule has 0 radical (unpaired) electrons. The zero-order valence-corrected chi connectivity index (χ0v) is 22.7. The molecule has 0 aliphatic carbocycles. The van der Waals surface area contributed by atoms with E-state index < -0.39 is 0 Å². The smallest absolute Gasteiger partial charge is 0.276 e. The Balaban J connectivity index is 0.00000289. The minimum Gasteiger partial charge on any atom is -0.507 e. The highest BCUT2D eigenvalue weighted by atomic mass is 35.5. The van der Waals surface area contributed by atoms with Gasteiger partial charge < -0.3 is 19.7 Å². The Morgan fingerprint density at radius 2 is 1.69 bits per heavy atom. The number of nitrogens with one attached hydrogen (secondary N) is 1. The summed E-state index contributed by atoms with van der Waals surface area (Å²) in [6.45, 7) is 8.81. The fraction of sp³-hybridized carbons (Fsp3) is 0.400. The summed E-state index contributed by atoms with van der Waals surface area (Å²) in [5, 5.41) is 15.7. The molecule has 0 saturated carbocycles. The molecule has 0 atom stereocenters. The zero-order valence-electron chi connectivity index (χ0n) is 20.3. The van der Waals surface area contributed by atoms with E-state index in [4.69, 9.17) is 9.72 Å². The van der Waals surface area contributed by atoms with Crippen LogP contribution in [0.3, 0.4) is 0 Å². The van der Waals surface area contributed by atoms with Gasteiger partial charge in [0.1, 0.15) is 16.9 Å². The molecule has 10 heteroatoms. The number of hydrogen-bond donors (Lipinski definition) is 2. The van der Waals surface area contributed by atoms with Gasteiger partial charge in [-0.25, -0.2) is 4.98 Å². The molecule has 5 rings (SSSR count). The van der Waals surface area contributed by atoms with E-state index in [2.05, 4.69) is 38.0 Å². The quantitative estimate of drug-likeness (QED) is 0.355. The van der Waals surface area contributed by atoms with E-state index in [1.54, 1.807) is 25.4 Å². The van der Waals surface area contributed by atoms with Gasteiger partial charge in [-0.2, -0.15) is 4.98 Å². The number of fused-ring (bicyclic) bond motifs is 1. The SMILES string of the molecule is Cl.Cn1ccc(-c2ccc(-c3nc4sc(OC5CC(C)(C)NC(C)(C)C5)nc4s3)c(O)c2)cc1=O. The van der Waals surface area contributed by atoms with Crippen LogP contribution in [0.15, 0.2) is 41.3 Å². The molecule has 7 nitrogen and oxygen atoms in total. The Morgan fingerprint density at radius 3 is 2.31 bits per heavy atom. The van der Waals surface area contributed by atoms with Crippen molar-refractivity contribution in [3.63, 3.8) is 0 Å². The Morgan fingerprint density at radius 1 is 1.03 bits per heavy atom. The lowest BCUT2D eigenvalue weighted by Gasteiger charge is -2.45. The third kappa shape index (κ3) is 5.38. The minimum absolute atomic E-state index is 0. The predicted octanol–water partition coefficient (Wildman–Crippen LogP) is 5.60. The van der Waals surface area contributed by atoms with Gasteiger partial charge in [0.2, 0.25) is 0 Å². The molecule has 1 fully saturated rings. The van der Waals surface area contributed by atoms with Crippen molar-refractivity contribution in [2.45, 2.75) is 57.7 Å². The van der Waals surface area contributed by atoms with Crippen LogP contribution in [0.1, 0.15) is 40.5 Å². The number of hydrogen-bond acceptors (Lipinski definition) is 8. The summed E-state index contributed by atoms with van der Waals surface area (Å²) >= 11 is 2.88. The van der Waals surface area contributed by atoms with Gasteiger partial charge in [-0.05, 0) is 57.0 Å². The van der Waals surface area contributed by atoms with Gasteiger partial charge in [-0.1, -0.05) is 28.7 Å². The number of piperidine rings is 1. The number of phenolic OH excluding ortho intramolecular Hbond substituents is 1. The lowest BCUT2D eigenvalue weighted by molar-refractivity contribution is 0.0559. The number of ether oxygens (including phenoxy) is 1. The summed E-state index contributed by atoms with van der Waals surface area (Å²) in [4.78, 5) is 22.9. The second-order valence-electron chi connectivity index (χ2n) is 10.2. The predicted molar refractivity (Wildman–Crippen MR) is 145 cm³/mol. The molecule has 35 heavy (non-hydrogen) atoms. The first-order valence-corrected chi connectivity index (χ1v) is 12.9. The van der Waals surface area contributed by atoms with Crippen molar-refractivity contribution in [3.8, 4) is 32.6 Å². The standard InChI is InChI=1S/C25H28N4O3S2.ClH/c1-24(2)12-16(13-25(3,4)28-24)32-23-27-22-21(34-23)26-20(33-22)17-7-6-14(10-18(17)30)15-8-9-29(5)19(31)11-15;/h6-11,16,28,30H,12-13H2,1-5H3;1H. The number of nitrogens with zero attached hydrogens (tertiary/aromatic N) is 3. The van der Waals surface area contributed by atoms with Gasteiger partial charge >= 0.3 is 0 Å². The summed E-state index contributed by atoms with van der Waals surface area (Å²) in [5.41, 5.74) is 2.09. The van der Waals surface area contributed by atoms with Gasteiger partial charge in [0.15, 0.2) is 9.66 Å². The number of halogens is 1. The van der Waals surface area contributed by atoms with Crippen LogP contribution in [0.4, 0.5) is 0 Å². The third-order valence-corrected chi connectivity index (χ3v) is 7.99. The summed E-state index contributed by atoms with van der Waals surface area (Å²) in [7, 11) is 1.71. The molecule has 0 unspecified atom stereocenters. The monoisotopic (exact) mass is 532 g/mol.